The number of amides is 1. The van der Waals surface area contributed by atoms with Crippen molar-refractivity contribution in [3.8, 4) is 0 Å². The van der Waals surface area contributed by atoms with Crippen LogP contribution in [0, 0.1) is 17.7 Å². The number of rotatable bonds is 5. The molecule has 2 rings (SSSR count). The molecule has 1 amide bonds. The number of carboxylic acid groups (broad SMARTS) is 1. The van der Waals surface area contributed by atoms with Gasteiger partial charge in [-0.05, 0) is 51.3 Å². The Morgan fingerprint density at radius 1 is 1.23 bits per heavy atom. The molecule has 1 fully saturated rings. The fourth-order valence-electron chi connectivity index (χ4n) is 2.74. The second-order valence-electron chi connectivity index (χ2n) is 6.02. The number of halogens is 1. The summed E-state index contributed by atoms with van der Waals surface area (Å²) in [7, 11) is 0. The molecular weight excluding hydrogens is 287 g/mol. The van der Waals surface area contributed by atoms with Gasteiger partial charge in [0, 0.05) is 12.0 Å². The van der Waals surface area contributed by atoms with Crippen LogP contribution in [0.4, 0.5) is 15.8 Å². The van der Waals surface area contributed by atoms with E-state index in [-0.39, 0.29) is 17.9 Å². The summed E-state index contributed by atoms with van der Waals surface area (Å²) in [5, 5.41) is 14.9. The molecule has 0 spiro atoms. The van der Waals surface area contributed by atoms with Crippen LogP contribution < -0.4 is 10.6 Å². The predicted molar refractivity (Wildman–Crippen MR) is 82.3 cm³/mol. The molecule has 0 aromatic heterocycles. The van der Waals surface area contributed by atoms with Gasteiger partial charge in [-0.1, -0.05) is 0 Å². The molecule has 1 aromatic rings. The van der Waals surface area contributed by atoms with Crippen molar-refractivity contribution in [3.05, 3.63) is 24.0 Å². The minimum atomic E-state index is -0.858. The van der Waals surface area contributed by atoms with Gasteiger partial charge in [0.25, 0.3) is 0 Å². The van der Waals surface area contributed by atoms with Gasteiger partial charge in [-0.2, -0.15) is 0 Å². The third kappa shape index (κ3) is 3.96. The lowest BCUT2D eigenvalue weighted by atomic mass is 10.0. The van der Waals surface area contributed by atoms with Crippen molar-refractivity contribution in [2.45, 2.75) is 39.2 Å². The zero-order valence-electron chi connectivity index (χ0n) is 12.7. The summed E-state index contributed by atoms with van der Waals surface area (Å²) in [5.74, 6) is -2.34. The van der Waals surface area contributed by atoms with Crippen molar-refractivity contribution < 1.29 is 19.1 Å². The Bertz CT molecular complexity index is 575. The van der Waals surface area contributed by atoms with Crippen LogP contribution in [-0.4, -0.2) is 23.0 Å². The van der Waals surface area contributed by atoms with Crippen molar-refractivity contribution in [3.63, 3.8) is 0 Å². The number of carbonyl (C=O) groups is 2. The normalized spacial score (nSPS) is 20.9. The first-order chi connectivity index (χ1) is 10.4. The van der Waals surface area contributed by atoms with Gasteiger partial charge < -0.3 is 15.7 Å². The van der Waals surface area contributed by atoms with E-state index < -0.39 is 17.7 Å². The number of aliphatic carboxylic acids is 1. The molecular formula is C16H21FN2O3. The maximum absolute atomic E-state index is 13.4. The van der Waals surface area contributed by atoms with Gasteiger partial charge in [0.15, 0.2) is 0 Å². The predicted octanol–water partition coefficient (Wildman–Crippen LogP) is 3.09. The van der Waals surface area contributed by atoms with Crippen molar-refractivity contribution in [2.75, 3.05) is 10.6 Å². The number of nitrogens with one attached hydrogen (secondary N) is 2. The highest BCUT2D eigenvalue weighted by atomic mass is 19.1. The van der Waals surface area contributed by atoms with Gasteiger partial charge >= 0.3 is 5.97 Å². The molecule has 0 bridgehead atoms. The highest BCUT2D eigenvalue weighted by molar-refractivity contribution is 5.96. The van der Waals surface area contributed by atoms with Crippen LogP contribution in [0.5, 0.6) is 0 Å². The fraction of sp³-hybridized carbons (Fsp3) is 0.500. The number of carboxylic acids is 1. The smallest absolute Gasteiger partial charge is 0.306 e. The molecule has 5 nitrogen and oxygen atoms in total. The Morgan fingerprint density at radius 3 is 2.50 bits per heavy atom. The Kier molecular flexibility index (Phi) is 5.00. The van der Waals surface area contributed by atoms with E-state index in [1.165, 1.54) is 12.1 Å². The third-order valence-electron chi connectivity index (χ3n) is 3.84. The van der Waals surface area contributed by atoms with E-state index >= 15 is 0 Å². The molecule has 1 aromatic carbocycles. The second-order valence-corrected chi connectivity index (χ2v) is 6.02. The SMILES string of the molecule is CC(C)Nc1ccc(F)cc1NC(=O)[C@@H]1CC[C@H](C(=O)O)C1. The molecule has 0 unspecified atom stereocenters. The van der Waals surface area contributed by atoms with Crippen molar-refractivity contribution in [1.82, 2.24) is 0 Å². The van der Waals surface area contributed by atoms with Gasteiger partial charge in [-0.15, -0.1) is 0 Å². The molecule has 6 heteroatoms. The Morgan fingerprint density at radius 2 is 1.91 bits per heavy atom. The zero-order valence-corrected chi connectivity index (χ0v) is 12.7. The number of carbonyl (C=O) groups excluding carboxylic acids is 1. The molecule has 0 radical (unpaired) electrons. The van der Waals surface area contributed by atoms with Crippen LogP contribution in [0.15, 0.2) is 18.2 Å². The van der Waals surface area contributed by atoms with Crippen LogP contribution in [-0.2, 0) is 9.59 Å². The van der Waals surface area contributed by atoms with Gasteiger partial charge in [0.05, 0.1) is 17.3 Å². The summed E-state index contributed by atoms with van der Waals surface area (Å²) in [6.45, 7) is 3.90. The van der Waals surface area contributed by atoms with Crippen LogP contribution in [0.2, 0.25) is 0 Å². The van der Waals surface area contributed by atoms with E-state index in [0.717, 1.165) is 0 Å². The molecule has 22 heavy (non-hydrogen) atoms. The molecule has 0 heterocycles. The first-order valence-electron chi connectivity index (χ1n) is 7.46. The highest BCUT2D eigenvalue weighted by Crippen LogP contribution is 2.33. The van der Waals surface area contributed by atoms with Crippen molar-refractivity contribution in [2.24, 2.45) is 11.8 Å². The van der Waals surface area contributed by atoms with E-state index in [4.69, 9.17) is 5.11 Å². The molecule has 2 atom stereocenters. The monoisotopic (exact) mass is 308 g/mol. The lowest BCUT2D eigenvalue weighted by Crippen LogP contribution is -2.23. The maximum Gasteiger partial charge on any atom is 0.306 e. The summed E-state index contributed by atoms with van der Waals surface area (Å²) in [6, 6.07) is 4.33. The molecule has 1 aliphatic carbocycles. The zero-order chi connectivity index (χ0) is 16.3. The fourth-order valence-corrected chi connectivity index (χ4v) is 2.74. The number of hydrogen-bond acceptors (Lipinski definition) is 3. The number of benzene rings is 1. The summed E-state index contributed by atoms with van der Waals surface area (Å²) in [5.41, 5.74) is 1.04. The number of anilines is 2. The summed E-state index contributed by atoms with van der Waals surface area (Å²) < 4.78 is 13.4. The quantitative estimate of drug-likeness (QED) is 0.781. The van der Waals surface area contributed by atoms with Crippen molar-refractivity contribution >= 4 is 23.3 Å². The average Bonchev–Trinajstić information content (AvgIpc) is 2.91. The lowest BCUT2D eigenvalue weighted by molar-refractivity contribution is -0.141. The van der Waals surface area contributed by atoms with Crippen LogP contribution in [0.25, 0.3) is 0 Å². The first-order valence-corrected chi connectivity index (χ1v) is 7.46. The lowest BCUT2D eigenvalue weighted by Gasteiger charge is -2.17. The standard InChI is InChI=1S/C16H21FN2O3/c1-9(2)18-13-6-5-12(17)8-14(13)19-15(20)10-3-4-11(7-10)16(21)22/h5-6,8-11,18H,3-4,7H2,1-2H3,(H,19,20)(H,21,22)/t10-,11+/m1/s1. The Balaban J connectivity index is 2.08. The first kappa shape index (κ1) is 16.3. The van der Waals surface area contributed by atoms with Gasteiger partial charge in [0.2, 0.25) is 5.91 Å². The average molecular weight is 308 g/mol. The van der Waals surface area contributed by atoms with E-state index in [0.29, 0.717) is 30.6 Å². The molecule has 1 aliphatic rings. The third-order valence-corrected chi connectivity index (χ3v) is 3.84. The van der Waals surface area contributed by atoms with E-state index in [1.807, 2.05) is 13.8 Å². The molecule has 0 saturated heterocycles. The van der Waals surface area contributed by atoms with Crippen LogP contribution in [0.3, 0.4) is 0 Å². The minimum Gasteiger partial charge on any atom is -0.481 e. The molecule has 3 N–H and O–H groups in total. The van der Waals surface area contributed by atoms with E-state index in [9.17, 15) is 14.0 Å². The van der Waals surface area contributed by atoms with Gasteiger partial charge in [-0.3, -0.25) is 9.59 Å². The van der Waals surface area contributed by atoms with Crippen LogP contribution in [0.1, 0.15) is 33.1 Å². The largest absolute Gasteiger partial charge is 0.481 e. The summed E-state index contributed by atoms with van der Waals surface area (Å²) in [4.78, 5) is 23.2. The van der Waals surface area contributed by atoms with E-state index in [1.54, 1.807) is 6.07 Å². The van der Waals surface area contributed by atoms with E-state index in [2.05, 4.69) is 10.6 Å². The highest BCUT2D eigenvalue weighted by Gasteiger charge is 2.34. The molecule has 120 valence electrons. The Hall–Kier alpha value is -2.11. The second kappa shape index (κ2) is 6.77. The molecule has 0 aliphatic heterocycles. The van der Waals surface area contributed by atoms with Gasteiger partial charge in [0.1, 0.15) is 5.82 Å². The van der Waals surface area contributed by atoms with Crippen molar-refractivity contribution in [1.29, 1.82) is 0 Å². The summed E-state index contributed by atoms with van der Waals surface area (Å²) in [6.07, 6.45) is 1.39. The maximum atomic E-state index is 13.4. The topological polar surface area (TPSA) is 78.4 Å². The molecule has 1 saturated carbocycles. The van der Waals surface area contributed by atoms with Gasteiger partial charge in [-0.25, -0.2) is 4.39 Å². The minimum absolute atomic E-state index is 0.143. The summed E-state index contributed by atoms with van der Waals surface area (Å²) >= 11 is 0. The number of hydrogen-bond donors (Lipinski definition) is 3. The Labute approximate surface area is 128 Å². The van der Waals surface area contributed by atoms with Crippen LogP contribution >= 0.6 is 0 Å².